The van der Waals surface area contributed by atoms with Gasteiger partial charge in [0.2, 0.25) is 70.9 Å². The van der Waals surface area contributed by atoms with Crippen LogP contribution in [0, 0.1) is 35.5 Å². The van der Waals surface area contributed by atoms with Gasteiger partial charge in [-0.2, -0.15) is 0 Å². The Balaban J connectivity index is 2.32. The van der Waals surface area contributed by atoms with Gasteiger partial charge in [0.1, 0.15) is 66.5 Å². The summed E-state index contributed by atoms with van der Waals surface area (Å²) >= 11 is 0. The number of carboxylic acid groups (broad SMARTS) is 1. The molecule has 2 aromatic carbocycles. The SMILES string of the molecule is CC(C)[C@H](N)C(=O)N[C@@H](CCCCN)C(=O)N[C@H](C(=O)N[C@@H](CCCCN)C(=O)N[C@H](C(=O)N[C@@H](CCCCN)C(=O)NCCc1cccc(-c2ccccc2CCC(=O)N[C@@H](CCCCN)C(=O)N[C@H](C(=O)N[C@@H](CCCCN)C(=O)N[C@H](C(=O)N[C@@H](CCCCN)C(=O)N[C@H](C(=O)O)C(C)C)C(C)C)C(C)C)c1)C(C)C)C(C)C. The summed E-state index contributed by atoms with van der Waals surface area (Å²) in [6.07, 6.45) is 7.65. The molecule has 0 aliphatic carbocycles. The van der Waals surface area contributed by atoms with Gasteiger partial charge in [-0.05, 0) is 225 Å². The highest BCUT2D eigenvalue weighted by atomic mass is 16.4. The molecule has 33 heteroatoms. The topological polar surface area (TPSA) is 569 Å². The number of unbranched alkanes of at least 4 members (excludes halogenated alkanes) is 6. The third-order valence-corrected chi connectivity index (χ3v) is 20.3. The normalized spacial score (nSPS) is 14.6. The molecule has 12 atom stereocenters. The molecule has 0 saturated heterocycles. The quantitative estimate of drug-likeness (QED) is 0.0416. The van der Waals surface area contributed by atoms with Crippen molar-refractivity contribution in [3.63, 3.8) is 0 Å². The van der Waals surface area contributed by atoms with Gasteiger partial charge in [0.15, 0.2) is 0 Å². The maximum atomic E-state index is 14.4. The van der Waals surface area contributed by atoms with E-state index >= 15 is 0 Å². The maximum absolute atomic E-state index is 14.4. The van der Waals surface area contributed by atoms with Gasteiger partial charge < -0.3 is 109 Å². The fourth-order valence-corrected chi connectivity index (χ4v) is 13.0. The van der Waals surface area contributed by atoms with E-state index in [0.717, 1.165) is 22.3 Å². The van der Waals surface area contributed by atoms with Crippen LogP contribution in [0.5, 0.6) is 0 Å². The largest absolute Gasteiger partial charge is 0.480 e. The number of aliphatic carboxylic acids is 1. The molecule has 27 N–H and O–H groups in total. The summed E-state index contributed by atoms with van der Waals surface area (Å²) in [7, 11) is 0. The van der Waals surface area contributed by atoms with Crippen molar-refractivity contribution in [2.24, 2.45) is 75.6 Å². The van der Waals surface area contributed by atoms with Crippen molar-refractivity contribution < 1.29 is 67.4 Å². The smallest absolute Gasteiger partial charge is 0.326 e. The number of hydrogen-bond donors (Lipinski definition) is 20. The zero-order valence-corrected chi connectivity index (χ0v) is 71.1. The molecule has 656 valence electrons. The standard InChI is InChI=1S/C83H145N19O14/c1-49(2)66(90)78(110)93-61(34-17-23-43-86)74(106)99-69(52(7)8)81(113)96-62(35-18-24-44-87)75(107)100-67(50(3)4)79(111)94-59(32-15-21-41-84)72(104)91-47-40-55-28-27-30-57(48-55)58-31-14-13-29-56(58)38-39-65(103)92-60(33-16-22-42-85)73(105)98-68(51(5)6)80(112)95-63(36-19-25-45-88)76(108)101-70(53(9)10)82(114)97-64(37-20-26-46-89)77(109)102-71(54(11)12)83(115)116/h13-14,27-31,48-54,59-64,66-71H,15-26,32-47,84-90H2,1-12H3,(H,91,104)(H,92,103)(H,93,110)(H,94,111)(H,95,112)(H,96,113)(H,97,114)(H,98,105)(H,99,106)(H,100,107)(H,101,108)(H,102,109)(H,115,116)/t59-,60-,61-,62-,63-,64-,66-,67-,68-,69-,70-,71-/m0/s1. The Labute approximate surface area is 687 Å². The van der Waals surface area contributed by atoms with Crippen LogP contribution in [0.1, 0.15) is 216 Å². The zero-order valence-electron chi connectivity index (χ0n) is 71.1. The number of carboxylic acids is 1. The number of aryl methyl sites for hydroxylation is 1. The lowest BCUT2D eigenvalue weighted by molar-refractivity contribution is -0.143. The number of amides is 12. The van der Waals surface area contributed by atoms with Crippen molar-refractivity contribution >= 4 is 76.9 Å². The highest BCUT2D eigenvalue weighted by molar-refractivity contribution is 5.99. The van der Waals surface area contributed by atoms with Crippen molar-refractivity contribution in [2.75, 3.05) is 45.8 Å². The summed E-state index contributed by atoms with van der Waals surface area (Å²) in [5.74, 6) is -11.4. The van der Waals surface area contributed by atoms with Crippen molar-refractivity contribution in [3.8, 4) is 11.1 Å². The van der Waals surface area contributed by atoms with Gasteiger partial charge in [0.25, 0.3) is 0 Å². The predicted octanol–water partition coefficient (Wildman–Crippen LogP) is 1.40. The van der Waals surface area contributed by atoms with E-state index in [2.05, 4.69) is 63.8 Å². The van der Waals surface area contributed by atoms with E-state index < -0.39 is 179 Å². The van der Waals surface area contributed by atoms with Crippen LogP contribution >= 0.6 is 0 Å². The molecule has 0 radical (unpaired) electrons. The third kappa shape index (κ3) is 38.1. The van der Waals surface area contributed by atoms with Crippen LogP contribution < -0.4 is 104 Å². The number of carbonyl (C=O) groups excluding carboxylic acids is 12. The van der Waals surface area contributed by atoms with Crippen LogP contribution in [0.4, 0.5) is 0 Å². The van der Waals surface area contributed by atoms with Gasteiger partial charge in [-0.1, -0.05) is 132 Å². The molecule has 0 bridgehead atoms. The van der Waals surface area contributed by atoms with Crippen LogP contribution in [-0.2, 0) is 75.2 Å². The molecule has 0 unspecified atom stereocenters. The first kappa shape index (κ1) is 103. The summed E-state index contributed by atoms with van der Waals surface area (Å²) < 4.78 is 0. The van der Waals surface area contributed by atoms with Crippen LogP contribution in [0.15, 0.2) is 48.5 Å². The summed E-state index contributed by atoms with van der Waals surface area (Å²) in [6, 6.07) is 1.81. The number of benzene rings is 2. The minimum absolute atomic E-state index is 0.0299. The van der Waals surface area contributed by atoms with E-state index in [-0.39, 0.29) is 63.8 Å². The van der Waals surface area contributed by atoms with E-state index in [1.165, 1.54) is 0 Å². The maximum Gasteiger partial charge on any atom is 0.326 e. The van der Waals surface area contributed by atoms with Crippen LogP contribution in [0.2, 0.25) is 0 Å². The number of rotatable bonds is 60. The number of nitrogens with two attached hydrogens (primary N) is 7. The molecule has 0 saturated carbocycles. The minimum Gasteiger partial charge on any atom is -0.480 e. The number of carbonyl (C=O) groups is 13. The van der Waals surface area contributed by atoms with Crippen LogP contribution in [0.25, 0.3) is 11.1 Å². The van der Waals surface area contributed by atoms with Gasteiger partial charge in [0.05, 0.1) is 6.04 Å². The molecule has 116 heavy (non-hydrogen) atoms. The molecule has 0 aliphatic heterocycles. The summed E-state index contributed by atoms with van der Waals surface area (Å²) in [4.78, 5) is 181. The molecule has 33 nitrogen and oxygen atoms in total. The predicted molar refractivity (Wildman–Crippen MR) is 450 cm³/mol. The van der Waals surface area contributed by atoms with Crippen LogP contribution in [0.3, 0.4) is 0 Å². The average molecular weight is 1630 g/mol. The molecule has 0 aromatic heterocycles. The molecular weight excluding hydrogens is 1490 g/mol. The fourth-order valence-electron chi connectivity index (χ4n) is 13.0. The highest BCUT2D eigenvalue weighted by Gasteiger charge is 2.38. The Hall–Kier alpha value is -8.73. The van der Waals surface area contributed by atoms with Gasteiger partial charge in [-0.25, -0.2) is 4.79 Å². The second-order valence-corrected chi connectivity index (χ2v) is 32.3. The Morgan fingerprint density at radius 3 is 0.931 bits per heavy atom. The highest BCUT2D eigenvalue weighted by Crippen LogP contribution is 2.27. The Morgan fingerprint density at radius 2 is 0.621 bits per heavy atom. The molecule has 12 amide bonds. The molecule has 0 aliphatic rings. The summed E-state index contributed by atoms with van der Waals surface area (Å²) in [5, 5.41) is 43.4. The summed E-state index contributed by atoms with van der Waals surface area (Å²) in [5.41, 5.74) is 44.4. The summed E-state index contributed by atoms with van der Waals surface area (Å²) in [6.45, 7) is 22.7. The number of hydrogen-bond acceptors (Lipinski definition) is 20. The molecule has 0 heterocycles. The Kier molecular flexibility index (Phi) is 50.4. The first-order chi connectivity index (χ1) is 55.0. The monoisotopic (exact) mass is 1630 g/mol. The van der Waals surface area contributed by atoms with Gasteiger partial charge >= 0.3 is 5.97 Å². The van der Waals surface area contributed by atoms with Crippen molar-refractivity contribution in [3.05, 3.63) is 59.7 Å². The van der Waals surface area contributed by atoms with Gasteiger partial charge in [0, 0.05) is 13.0 Å². The first-order valence-electron chi connectivity index (χ1n) is 42.0. The first-order valence-corrected chi connectivity index (χ1v) is 42.0. The molecule has 2 rings (SSSR count). The third-order valence-electron chi connectivity index (χ3n) is 20.3. The van der Waals surface area contributed by atoms with E-state index in [1.54, 1.807) is 83.1 Å². The average Bonchev–Trinajstić information content (AvgIpc) is 0.841. The lowest BCUT2D eigenvalue weighted by Gasteiger charge is -2.30. The van der Waals surface area contributed by atoms with Crippen molar-refractivity contribution in [2.45, 2.75) is 290 Å². The van der Waals surface area contributed by atoms with Gasteiger partial charge in [-0.15, -0.1) is 0 Å². The Bertz CT molecular complexity index is 3380. The van der Waals surface area contributed by atoms with E-state index in [0.29, 0.717) is 123 Å². The molecule has 0 fully saturated rings. The van der Waals surface area contributed by atoms with E-state index in [4.69, 9.17) is 40.1 Å². The molecule has 2 aromatic rings. The minimum atomic E-state index is -1.24. The molecular formula is C83H145N19O14. The van der Waals surface area contributed by atoms with Crippen molar-refractivity contribution in [1.29, 1.82) is 0 Å². The second kappa shape index (κ2) is 56.6. The lowest BCUT2D eigenvalue weighted by Crippen LogP contribution is -2.61. The molecule has 0 spiro atoms. The fraction of sp³-hybridized carbons (Fsp3) is 0.699. The van der Waals surface area contributed by atoms with E-state index in [1.807, 2.05) is 48.5 Å². The second-order valence-electron chi connectivity index (χ2n) is 32.3. The zero-order chi connectivity index (χ0) is 87.1. The van der Waals surface area contributed by atoms with Gasteiger partial charge in [-0.3, -0.25) is 57.5 Å². The Morgan fingerprint density at radius 1 is 0.319 bits per heavy atom. The number of nitrogens with one attached hydrogen (secondary N) is 12. The van der Waals surface area contributed by atoms with E-state index in [9.17, 15) is 67.4 Å². The van der Waals surface area contributed by atoms with Crippen molar-refractivity contribution in [1.82, 2.24) is 63.8 Å². The van der Waals surface area contributed by atoms with Crippen LogP contribution in [-0.4, -0.2) is 200 Å². The lowest BCUT2D eigenvalue weighted by atomic mass is 9.95.